The first-order valence-corrected chi connectivity index (χ1v) is 7.10. The van der Waals surface area contributed by atoms with Crippen LogP contribution in [0.1, 0.15) is 5.82 Å². The zero-order chi connectivity index (χ0) is 15.0. The highest BCUT2D eigenvalue weighted by Gasteiger charge is 2.14. The molecule has 0 fully saturated rings. The van der Waals surface area contributed by atoms with Crippen LogP contribution in [0.2, 0.25) is 0 Å². The van der Waals surface area contributed by atoms with Crippen molar-refractivity contribution in [3.8, 4) is 0 Å². The molecule has 0 atom stereocenters. The van der Waals surface area contributed by atoms with Gasteiger partial charge >= 0.3 is 0 Å². The van der Waals surface area contributed by atoms with Gasteiger partial charge in [0.05, 0.1) is 23.1 Å². The Morgan fingerprint density at radius 2 is 2.10 bits per heavy atom. The smallest absolute Gasteiger partial charge is 0.169 e. The van der Waals surface area contributed by atoms with E-state index in [1.165, 1.54) is 6.33 Å². The molecule has 0 unspecified atom stereocenters. The summed E-state index contributed by atoms with van der Waals surface area (Å²) in [5, 5.41) is 5.11. The van der Waals surface area contributed by atoms with Crippen molar-refractivity contribution in [1.29, 1.82) is 0 Å². The number of aryl methyl sites for hydroxylation is 1. The van der Waals surface area contributed by atoms with Gasteiger partial charge in [0.25, 0.3) is 0 Å². The second-order valence-electron chi connectivity index (χ2n) is 4.74. The molecule has 2 aromatic heterocycles. The summed E-state index contributed by atoms with van der Waals surface area (Å²) in [6, 6.07) is 3.93. The van der Waals surface area contributed by atoms with E-state index in [0.717, 1.165) is 26.9 Å². The van der Waals surface area contributed by atoms with Crippen LogP contribution in [0, 0.1) is 0 Å². The molecule has 0 aliphatic rings. The highest BCUT2D eigenvalue weighted by molar-refractivity contribution is 9.10. The van der Waals surface area contributed by atoms with Gasteiger partial charge in [0.15, 0.2) is 5.82 Å². The SMILES string of the molecule is CN(Cc1ncn(C)n1)c1ccc(Br)c2ncnc(N)c12. The molecule has 0 spiro atoms. The van der Waals surface area contributed by atoms with E-state index in [9.17, 15) is 0 Å². The standard InChI is InChI=1S/C13H14BrN7/c1-20(5-10-18-7-21(2)19-10)9-4-3-8(14)12-11(9)13(15)17-6-16-12/h3-4,6-7H,5H2,1-2H3,(H2,15,16,17). The second kappa shape index (κ2) is 5.28. The quantitative estimate of drug-likeness (QED) is 0.776. The van der Waals surface area contributed by atoms with E-state index in [0.29, 0.717) is 12.4 Å². The predicted molar refractivity (Wildman–Crippen MR) is 84.8 cm³/mol. The molecule has 2 heterocycles. The Bertz CT molecular complexity index is 798. The van der Waals surface area contributed by atoms with Crippen molar-refractivity contribution in [1.82, 2.24) is 24.7 Å². The molecule has 8 heteroatoms. The number of nitrogen functional groups attached to an aromatic ring is 1. The van der Waals surface area contributed by atoms with Crippen molar-refractivity contribution in [3.05, 3.63) is 35.1 Å². The van der Waals surface area contributed by atoms with Crippen molar-refractivity contribution >= 4 is 38.3 Å². The maximum absolute atomic E-state index is 6.03. The van der Waals surface area contributed by atoms with Gasteiger partial charge in [-0.25, -0.2) is 15.0 Å². The van der Waals surface area contributed by atoms with Crippen molar-refractivity contribution in [3.63, 3.8) is 0 Å². The third-order valence-corrected chi connectivity index (χ3v) is 3.82. The monoisotopic (exact) mass is 347 g/mol. The molecule has 0 saturated carbocycles. The third-order valence-electron chi connectivity index (χ3n) is 3.18. The van der Waals surface area contributed by atoms with E-state index < -0.39 is 0 Å². The van der Waals surface area contributed by atoms with E-state index in [4.69, 9.17) is 5.73 Å². The minimum atomic E-state index is 0.456. The molecule has 7 nitrogen and oxygen atoms in total. The summed E-state index contributed by atoms with van der Waals surface area (Å²) in [4.78, 5) is 14.7. The van der Waals surface area contributed by atoms with Crippen LogP contribution in [0.5, 0.6) is 0 Å². The van der Waals surface area contributed by atoms with Gasteiger partial charge in [-0.05, 0) is 28.1 Å². The summed E-state index contributed by atoms with van der Waals surface area (Å²) in [6.07, 6.45) is 3.15. The highest BCUT2D eigenvalue weighted by Crippen LogP contribution is 2.33. The van der Waals surface area contributed by atoms with Crippen molar-refractivity contribution in [2.75, 3.05) is 17.7 Å². The van der Waals surface area contributed by atoms with Crippen LogP contribution in [0.3, 0.4) is 0 Å². The molecular formula is C13H14BrN7. The average molecular weight is 348 g/mol. The molecule has 21 heavy (non-hydrogen) atoms. The molecule has 0 bridgehead atoms. The fourth-order valence-corrected chi connectivity index (χ4v) is 2.65. The third kappa shape index (κ3) is 2.54. The molecule has 3 rings (SSSR count). The van der Waals surface area contributed by atoms with Gasteiger partial charge in [-0.3, -0.25) is 4.68 Å². The summed E-state index contributed by atoms with van der Waals surface area (Å²) >= 11 is 3.49. The Hall–Kier alpha value is -2.22. The van der Waals surface area contributed by atoms with E-state index in [2.05, 4.69) is 36.0 Å². The molecule has 0 amide bonds. The van der Waals surface area contributed by atoms with E-state index in [1.54, 1.807) is 11.0 Å². The Kier molecular flexibility index (Phi) is 3.46. The zero-order valence-corrected chi connectivity index (χ0v) is 13.2. The minimum absolute atomic E-state index is 0.456. The number of anilines is 2. The fourth-order valence-electron chi connectivity index (χ4n) is 2.22. The summed E-state index contributed by atoms with van der Waals surface area (Å²) in [7, 11) is 3.81. The Labute approximate surface area is 129 Å². The van der Waals surface area contributed by atoms with Crippen LogP contribution in [0.15, 0.2) is 29.3 Å². The zero-order valence-electron chi connectivity index (χ0n) is 11.7. The lowest BCUT2D eigenvalue weighted by Crippen LogP contribution is -2.18. The molecule has 3 aromatic rings. The number of hydrogen-bond donors (Lipinski definition) is 1. The van der Waals surface area contributed by atoms with Crippen LogP contribution in [0.25, 0.3) is 10.9 Å². The maximum Gasteiger partial charge on any atom is 0.169 e. The predicted octanol–water partition coefficient (Wildman–Crippen LogP) is 1.74. The lowest BCUT2D eigenvalue weighted by molar-refractivity contribution is 0.734. The lowest BCUT2D eigenvalue weighted by Gasteiger charge is -2.20. The van der Waals surface area contributed by atoms with Crippen molar-refractivity contribution < 1.29 is 0 Å². The van der Waals surface area contributed by atoms with E-state index >= 15 is 0 Å². The molecule has 0 radical (unpaired) electrons. The largest absolute Gasteiger partial charge is 0.383 e. The number of fused-ring (bicyclic) bond motifs is 1. The molecule has 0 aliphatic heterocycles. The van der Waals surface area contributed by atoms with Gasteiger partial charge in [0, 0.05) is 18.6 Å². The second-order valence-corrected chi connectivity index (χ2v) is 5.59. The number of aromatic nitrogens is 5. The van der Waals surface area contributed by atoms with Crippen LogP contribution in [-0.4, -0.2) is 31.8 Å². The van der Waals surface area contributed by atoms with Crippen LogP contribution < -0.4 is 10.6 Å². The minimum Gasteiger partial charge on any atom is -0.383 e. The molecule has 108 valence electrons. The molecule has 2 N–H and O–H groups in total. The number of nitrogens with zero attached hydrogens (tertiary/aromatic N) is 6. The van der Waals surface area contributed by atoms with Gasteiger partial charge in [-0.15, -0.1) is 0 Å². The van der Waals surface area contributed by atoms with Crippen molar-refractivity contribution in [2.24, 2.45) is 7.05 Å². The number of benzene rings is 1. The molecule has 0 saturated heterocycles. The fraction of sp³-hybridized carbons (Fsp3) is 0.231. The molecular weight excluding hydrogens is 334 g/mol. The van der Waals surface area contributed by atoms with Crippen molar-refractivity contribution in [2.45, 2.75) is 6.54 Å². The van der Waals surface area contributed by atoms with Gasteiger partial charge in [-0.2, -0.15) is 5.10 Å². The average Bonchev–Trinajstić information content (AvgIpc) is 2.85. The topological polar surface area (TPSA) is 85.8 Å². The van der Waals surface area contributed by atoms with Gasteiger partial charge in [-0.1, -0.05) is 0 Å². The van der Waals surface area contributed by atoms with E-state index in [1.807, 2.05) is 31.1 Å². The van der Waals surface area contributed by atoms with Crippen LogP contribution in [0.4, 0.5) is 11.5 Å². The number of rotatable bonds is 3. The normalized spacial score (nSPS) is 11.0. The van der Waals surface area contributed by atoms with Crippen LogP contribution in [-0.2, 0) is 13.6 Å². The number of nitrogens with two attached hydrogens (primary N) is 1. The Balaban J connectivity index is 2.05. The van der Waals surface area contributed by atoms with Gasteiger partial charge in [0.1, 0.15) is 18.5 Å². The van der Waals surface area contributed by atoms with Crippen LogP contribution >= 0.6 is 15.9 Å². The summed E-state index contributed by atoms with van der Waals surface area (Å²) in [5.74, 6) is 1.20. The van der Waals surface area contributed by atoms with Gasteiger partial charge in [0.2, 0.25) is 0 Å². The lowest BCUT2D eigenvalue weighted by atomic mass is 10.1. The maximum atomic E-state index is 6.03. The summed E-state index contributed by atoms with van der Waals surface area (Å²) in [6.45, 7) is 0.575. The highest BCUT2D eigenvalue weighted by atomic mass is 79.9. The summed E-state index contributed by atoms with van der Waals surface area (Å²) < 4.78 is 2.57. The first-order chi connectivity index (χ1) is 10.1. The number of halogens is 1. The first-order valence-electron chi connectivity index (χ1n) is 6.30. The molecule has 1 aromatic carbocycles. The first kappa shape index (κ1) is 13.7. The van der Waals surface area contributed by atoms with Gasteiger partial charge < -0.3 is 10.6 Å². The summed E-state index contributed by atoms with van der Waals surface area (Å²) in [5.41, 5.74) is 7.76. The number of hydrogen-bond acceptors (Lipinski definition) is 6. The van der Waals surface area contributed by atoms with E-state index in [-0.39, 0.29) is 0 Å². The Morgan fingerprint density at radius 1 is 1.29 bits per heavy atom. The Morgan fingerprint density at radius 3 is 2.81 bits per heavy atom. The molecule has 0 aliphatic carbocycles.